The molecule has 0 aromatic carbocycles. The first-order valence-corrected chi connectivity index (χ1v) is 6.59. The van der Waals surface area contributed by atoms with Gasteiger partial charge in [-0.1, -0.05) is 26.7 Å². The minimum Gasteiger partial charge on any atom is -0.379 e. The van der Waals surface area contributed by atoms with E-state index in [4.69, 9.17) is 4.74 Å². The average Bonchev–Trinajstić information content (AvgIpc) is 2.30. The summed E-state index contributed by atoms with van der Waals surface area (Å²) >= 11 is 0. The summed E-state index contributed by atoms with van der Waals surface area (Å²) in [4.78, 5) is 2.66. The maximum Gasteiger partial charge on any atom is 0.0594 e. The Balaban J connectivity index is 1.85. The molecule has 2 aliphatic rings. The molecule has 0 bridgehead atoms. The Morgan fingerprint density at radius 3 is 2.53 bits per heavy atom. The normalized spacial score (nSPS) is 34.6. The van der Waals surface area contributed by atoms with Crippen molar-refractivity contribution in [3.63, 3.8) is 0 Å². The number of hydrogen-bond acceptors (Lipinski definition) is 2. The van der Waals surface area contributed by atoms with Crippen molar-refractivity contribution >= 4 is 0 Å². The number of ether oxygens (including phenoxy) is 1. The Bertz CT molecular complexity index is 187. The molecule has 0 radical (unpaired) electrons. The van der Waals surface area contributed by atoms with E-state index in [0.29, 0.717) is 0 Å². The van der Waals surface area contributed by atoms with Gasteiger partial charge >= 0.3 is 0 Å². The summed E-state index contributed by atoms with van der Waals surface area (Å²) in [7, 11) is 0. The van der Waals surface area contributed by atoms with Crippen LogP contribution in [0.15, 0.2) is 0 Å². The molecule has 2 heteroatoms. The van der Waals surface area contributed by atoms with Crippen molar-refractivity contribution in [1.29, 1.82) is 0 Å². The van der Waals surface area contributed by atoms with Crippen LogP contribution in [0.3, 0.4) is 0 Å². The fraction of sp³-hybridized carbons (Fsp3) is 1.00. The van der Waals surface area contributed by atoms with Gasteiger partial charge in [0, 0.05) is 19.1 Å². The van der Waals surface area contributed by atoms with E-state index in [0.717, 1.165) is 44.2 Å². The first-order valence-electron chi connectivity index (χ1n) is 6.59. The fourth-order valence-electron chi connectivity index (χ4n) is 3.08. The molecule has 0 aromatic heterocycles. The standard InChI is InChI=1S/C13H25NO/c1-11(2)12-4-3-5-13(10-12)14-6-8-15-9-7-14/h11-13H,3-10H2,1-2H3. The first kappa shape index (κ1) is 11.4. The van der Waals surface area contributed by atoms with Crippen LogP contribution in [0.5, 0.6) is 0 Å². The lowest BCUT2D eigenvalue weighted by Crippen LogP contribution is -2.45. The monoisotopic (exact) mass is 211 g/mol. The average molecular weight is 211 g/mol. The van der Waals surface area contributed by atoms with Gasteiger partial charge in [-0.05, 0) is 24.7 Å². The van der Waals surface area contributed by atoms with Crippen molar-refractivity contribution in [2.24, 2.45) is 11.8 Å². The molecule has 2 nitrogen and oxygen atoms in total. The number of rotatable bonds is 2. The molecule has 1 aliphatic carbocycles. The van der Waals surface area contributed by atoms with E-state index in [1.165, 1.54) is 25.7 Å². The highest BCUT2D eigenvalue weighted by atomic mass is 16.5. The zero-order chi connectivity index (χ0) is 10.7. The predicted molar refractivity (Wildman–Crippen MR) is 63.0 cm³/mol. The molecule has 88 valence electrons. The van der Waals surface area contributed by atoms with Crippen LogP contribution < -0.4 is 0 Å². The van der Waals surface area contributed by atoms with E-state index in [9.17, 15) is 0 Å². The first-order chi connectivity index (χ1) is 7.27. The third-order valence-corrected chi connectivity index (χ3v) is 4.19. The van der Waals surface area contributed by atoms with Gasteiger partial charge in [-0.2, -0.15) is 0 Å². The molecular weight excluding hydrogens is 186 g/mol. The SMILES string of the molecule is CC(C)C1CCCC(N2CCOCC2)C1. The summed E-state index contributed by atoms with van der Waals surface area (Å²) in [6.07, 6.45) is 5.74. The summed E-state index contributed by atoms with van der Waals surface area (Å²) in [5.74, 6) is 1.83. The van der Waals surface area contributed by atoms with Crippen LogP contribution in [-0.4, -0.2) is 37.2 Å². The quantitative estimate of drug-likeness (QED) is 0.696. The molecule has 0 spiro atoms. The van der Waals surface area contributed by atoms with E-state index >= 15 is 0 Å². The third-order valence-electron chi connectivity index (χ3n) is 4.19. The highest BCUT2D eigenvalue weighted by molar-refractivity contribution is 4.82. The molecule has 2 atom stereocenters. The van der Waals surface area contributed by atoms with Crippen molar-refractivity contribution in [2.75, 3.05) is 26.3 Å². The Morgan fingerprint density at radius 2 is 1.87 bits per heavy atom. The van der Waals surface area contributed by atoms with Crippen LogP contribution in [0.2, 0.25) is 0 Å². The second-order valence-electron chi connectivity index (χ2n) is 5.47. The minimum absolute atomic E-state index is 0.857. The number of hydrogen-bond donors (Lipinski definition) is 0. The summed E-state index contributed by atoms with van der Waals surface area (Å²) < 4.78 is 5.42. The van der Waals surface area contributed by atoms with Gasteiger partial charge in [0.2, 0.25) is 0 Å². The van der Waals surface area contributed by atoms with Gasteiger partial charge in [0.25, 0.3) is 0 Å². The maximum absolute atomic E-state index is 5.42. The molecule has 1 saturated carbocycles. The maximum atomic E-state index is 5.42. The van der Waals surface area contributed by atoms with Crippen LogP contribution in [0.4, 0.5) is 0 Å². The highest BCUT2D eigenvalue weighted by Gasteiger charge is 2.28. The van der Waals surface area contributed by atoms with Crippen LogP contribution in [0, 0.1) is 11.8 Å². The molecule has 1 saturated heterocycles. The molecule has 2 rings (SSSR count). The topological polar surface area (TPSA) is 12.5 Å². The third kappa shape index (κ3) is 2.94. The van der Waals surface area contributed by atoms with E-state index in [2.05, 4.69) is 18.7 Å². The summed E-state index contributed by atoms with van der Waals surface area (Å²) in [6, 6.07) is 0.857. The van der Waals surface area contributed by atoms with Gasteiger partial charge in [0.1, 0.15) is 0 Å². The Kier molecular flexibility index (Phi) is 4.04. The largest absolute Gasteiger partial charge is 0.379 e. The molecule has 2 unspecified atom stereocenters. The summed E-state index contributed by atoms with van der Waals surface area (Å²) in [5, 5.41) is 0. The van der Waals surface area contributed by atoms with E-state index < -0.39 is 0 Å². The molecule has 15 heavy (non-hydrogen) atoms. The molecule has 0 aromatic rings. The van der Waals surface area contributed by atoms with E-state index in [-0.39, 0.29) is 0 Å². The predicted octanol–water partition coefficient (Wildman–Crippen LogP) is 2.53. The van der Waals surface area contributed by atoms with Crippen molar-refractivity contribution in [3.05, 3.63) is 0 Å². The van der Waals surface area contributed by atoms with Crippen molar-refractivity contribution in [3.8, 4) is 0 Å². The van der Waals surface area contributed by atoms with Gasteiger partial charge in [-0.15, -0.1) is 0 Å². The van der Waals surface area contributed by atoms with Gasteiger partial charge in [-0.25, -0.2) is 0 Å². The van der Waals surface area contributed by atoms with Crippen LogP contribution >= 0.6 is 0 Å². The van der Waals surface area contributed by atoms with Gasteiger partial charge < -0.3 is 4.74 Å². The summed E-state index contributed by atoms with van der Waals surface area (Å²) in [6.45, 7) is 8.98. The molecule has 1 aliphatic heterocycles. The van der Waals surface area contributed by atoms with Crippen molar-refractivity contribution in [1.82, 2.24) is 4.90 Å². The van der Waals surface area contributed by atoms with Gasteiger partial charge in [0.15, 0.2) is 0 Å². The molecular formula is C13H25NO. The van der Waals surface area contributed by atoms with Crippen LogP contribution in [-0.2, 0) is 4.74 Å². The Labute approximate surface area is 94.0 Å². The highest BCUT2D eigenvalue weighted by Crippen LogP contribution is 2.32. The second-order valence-corrected chi connectivity index (χ2v) is 5.47. The van der Waals surface area contributed by atoms with Crippen molar-refractivity contribution < 1.29 is 4.74 Å². The van der Waals surface area contributed by atoms with Crippen LogP contribution in [0.1, 0.15) is 39.5 Å². The lowest BCUT2D eigenvalue weighted by molar-refractivity contribution is 0.000112. The number of nitrogens with zero attached hydrogens (tertiary/aromatic N) is 1. The fourth-order valence-corrected chi connectivity index (χ4v) is 3.08. The minimum atomic E-state index is 0.857. The molecule has 1 heterocycles. The molecule has 0 N–H and O–H groups in total. The van der Waals surface area contributed by atoms with Crippen molar-refractivity contribution in [2.45, 2.75) is 45.6 Å². The zero-order valence-corrected chi connectivity index (χ0v) is 10.2. The summed E-state index contributed by atoms with van der Waals surface area (Å²) in [5.41, 5.74) is 0. The molecule has 2 fully saturated rings. The zero-order valence-electron chi connectivity index (χ0n) is 10.2. The number of morpholine rings is 1. The smallest absolute Gasteiger partial charge is 0.0594 e. The van der Waals surface area contributed by atoms with E-state index in [1.54, 1.807) is 0 Å². The second kappa shape index (κ2) is 5.31. The van der Waals surface area contributed by atoms with Gasteiger partial charge in [-0.3, -0.25) is 4.90 Å². The lowest BCUT2D eigenvalue weighted by atomic mass is 9.79. The van der Waals surface area contributed by atoms with Crippen LogP contribution in [0.25, 0.3) is 0 Å². The van der Waals surface area contributed by atoms with Gasteiger partial charge in [0.05, 0.1) is 13.2 Å². The Morgan fingerprint density at radius 1 is 1.13 bits per heavy atom. The van der Waals surface area contributed by atoms with E-state index in [1.807, 2.05) is 0 Å². The Hall–Kier alpha value is -0.0800. The lowest BCUT2D eigenvalue weighted by Gasteiger charge is -2.40. The molecule has 0 amide bonds.